The highest BCUT2D eigenvalue weighted by atomic mass is 16.2. The number of carbonyl (C=O) groups is 1. The fraction of sp³-hybridized carbons (Fsp3) is 0.250. The van der Waals surface area contributed by atoms with Crippen molar-refractivity contribution in [3.63, 3.8) is 0 Å². The number of nitrogens with zero attached hydrogens (tertiary/aromatic N) is 1. The second-order valence-electron chi connectivity index (χ2n) is 2.80. The van der Waals surface area contributed by atoms with E-state index in [1.807, 2.05) is 6.07 Å². The standard InChI is InChI=1S/C8H9N3O/c9-5-4-7-6(11-8(5)12)2-1-3-10-7/h1-3,5H,4,9H2,(H,11,12)/t5-/m0/s1. The number of carbonyl (C=O) groups excluding carboxylic acids is 1. The molecule has 0 saturated heterocycles. The summed E-state index contributed by atoms with van der Waals surface area (Å²) in [6.07, 6.45) is 2.23. The highest BCUT2D eigenvalue weighted by molar-refractivity contribution is 5.97. The summed E-state index contributed by atoms with van der Waals surface area (Å²) in [5, 5.41) is 2.68. The smallest absolute Gasteiger partial charge is 0.241 e. The average Bonchev–Trinajstić information content (AvgIpc) is 2.07. The average molecular weight is 163 g/mol. The lowest BCUT2D eigenvalue weighted by Gasteiger charge is -2.19. The predicted molar refractivity (Wildman–Crippen MR) is 44.5 cm³/mol. The lowest BCUT2D eigenvalue weighted by atomic mass is 10.1. The summed E-state index contributed by atoms with van der Waals surface area (Å²) in [6.45, 7) is 0. The lowest BCUT2D eigenvalue weighted by molar-refractivity contribution is -0.117. The van der Waals surface area contributed by atoms with Crippen molar-refractivity contribution in [1.29, 1.82) is 0 Å². The number of nitrogens with two attached hydrogens (primary N) is 1. The molecule has 0 bridgehead atoms. The van der Waals surface area contributed by atoms with Gasteiger partial charge in [-0.1, -0.05) is 0 Å². The number of rotatable bonds is 0. The van der Waals surface area contributed by atoms with Crippen LogP contribution >= 0.6 is 0 Å². The van der Waals surface area contributed by atoms with Gasteiger partial charge in [0.1, 0.15) is 0 Å². The Kier molecular flexibility index (Phi) is 1.55. The third kappa shape index (κ3) is 1.06. The molecule has 0 radical (unpaired) electrons. The van der Waals surface area contributed by atoms with Gasteiger partial charge in [-0.05, 0) is 12.1 Å². The van der Waals surface area contributed by atoms with Gasteiger partial charge in [-0.2, -0.15) is 0 Å². The van der Waals surface area contributed by atoms with Crippen LogP contribution in [0.1, 0.15) is 5.69 Å². The van der Waals surface area contributed by atoms with E-state index in [1.165, 1.54) is 0 Å². The van der Waals surface area contributed by atoms with Crippen LogP contribution in [-0.2, 0) is 11.2 Å². The van der Waals surface area contributed by atoms with Crippen LogP contribution in [0, 0.1) is 0 Å². The molecule has 12 heavy (non-hydrogen) atoms. The van der Waals surface area contributed by atoms with Crippen LogP contribution in [0.5, 0.6) is 0 Å². The molecule has 1 aromatic heterocycles. The van der Waals surface area contributed by atoms with Crippen molar-refractivity contribution in [2.75, 3.05) is 5.32 Å². The number of anilines is 1. The molecule has 0 unspecified atom stereocenters. The third-order valence-corrected chi connectivity index (χ3v) is 1.90. The zero-order valence-electron chi connectivity index (χ0n) is 6.45. The van der Waals surface area contributed by atoms with E-state index >= 15 is 0 Å². The molecule has 0 spiro atoms. The second kappa shape index (κ2) is 2.57. The van der Waals surface area contributed by atoms with Crippen molar-refractivity contribution < 1.29 is 4.79 Å². The molecular weight excluding hydrogens is 154 g/mol. The molecule has 2 rings (SSSR count). The van der Waals surface area contributed by atoms with E-state index in [0.29, 0.717) is 6.42 Å². The maximum absolute atomic E-state index is 11.1. The van der Waals surface area contributed by atoms with Crippen molar-refractivity contribution in [3.8, 4) is 0 Å². The number of aromatic nitrogens is 1. The SMILES string of the molecule is N[C@H]1Cc2ncccc2NC1=O. The summed E-state index contributed by atoms with van der Waals surface area (Å²) in [5.74, 6) is -0.129. The number of nitrogens with one attached hydrogen (secondary N) is 1. The molecule has 0 fully saturated rings. The topological polar surface area (TPSA) is 68.0 Å². The zero-order valence-corrected chi connectivity index (χ0v) is 6.45. The fourth-order valence-corrected chi connectivity index (χ4v) is 1.24. The predicted octanol–water partition coefficient (Wildman–Crippen LogP) is -0.0965. The van der Waals surface area contributed by atoms with Crippen LogP contribution in [0.25, 0.3) is 0 Å². The van der Waals surface area contributed by atoms with Gasteiger partial charge >= 0.3 is 0 Å². The molecule has 0 aromatic carbocycles. The highest BCUT2D eigenvalue weighted by Crippen LogP contribution is 2.18. The molecule has 62 valence electrons. The first kappa shape index (κ1) is 7.24. The van der Waals surface area contributed by atoms with Gasteiger partial charge in [-0.3, -0.25) is 9.78 Å². The van der Waals surface area contributed by atoms with Gasteiger partial charge in [0.2, 0.25) is 5.91 Å². The van der Waals surface area contributed by atoms with E-state index in [2.05, 4.69) is 10.3 Å². The normalized spacial score (nSPS) is 21.4. The monoisotopic (exact) mass is 163 g/mol. The summed E-state index contributed by atoms with van der Waals surface area (Å²) in [5.41, 5.74) is 7.19. The Balaban J connectivity index is 2.40. The van der Waals surface area contributed by atoms with E-state index in [1.54, 1.807) is 12.3 Å². The first-order chi connectivity index (χ1) is 5.77. The summed E-state index contributed by atoms with van der Waals surface area (Å²) >= 11 is 0. The minimum Gasteiger partial charge on any atom is -0.323 e. The minimum atomic E-state index is -0.451. The molecule has 2 heterocycles. The van der Waals surface area contributed by atoms with Crippen molar-refractivity contribution in [2.24, 2.45) is 5.73 Å². The minimum absolute atomic E-state index is 0.129. The molecule has 1 amide bonds. The van der Waals surface area contributed by atoms with Crippen LogP contribution < -0.4 is 11.1 Å². The van der Waals surface area contributed by atoms with Gasteiger partial charge in [-0.15, -0.1) is 0 Å². The fourth-order valence-electron chi connectivity index (χ4n) is 1.24. The van der Waals surface area contributed by atoms with Crippen molar-refractivity contribution in [1.82, 2.24) is 4.98 Å². The maximum atomic E-state index is 11.1. The Morgan fingerprint density at radius 1 is 1.67 bits per heavy atom. The Hall–Kier alpha value is -1.42. The summed E-state index contributed by atoms with van der Waals surface area (Å²) in [7, 11) is 0. The first-order valence-corrected chi connectivity index (χ1v) is 3.78. The molecule has 1 aliphatic heterocycles. The summed E-state index contributed by atoms with van der Waals surface area (Å²) in [6, 6.07) is 3.16. The highest BCUT2D eigenvalue weighted by Gasteiger charge is 2.22. The van der Waals surface area contributed by atoms with E-state index in [9.17, 15) is 4.79 Å². The van der Waals surface area contributed by atoms with Crippen LogP contribution in [0.4, 0.5) is 5.69 Å². The van der Waals surface area contributed by atoms with Crippen molar-refractivity contribution >= 4 is 11.6 Å². The van der Waals surface area contributed by atoms with Crippen LogP contribution in [0.3, 0.4) is 0 Å². The van der Waals surface area contributed by atoms with Crippen LogP contribution in [-0.4, -0.2) is 16.9 Å². The van der Waals surface area contributed by atoms with Gasteiger partial charge in [0.05, 0.1) is 17.4 Å². The second-order valence-corrected chi connectivity index (χ2v) is 2.80. The molecule has 1 aromatic rings. The molecule has 0 saturated carbocycles. The van der Waals surface area contributed by atoms with Gasteiger partial charge in [0, 0.05) is 12.6 Å². The van der Waals surface area contributed by atoms with E-state index in [4.69, 9.17) is 5.73 Å². The van der Waals surface area contributed by atoms with E-state index in [0.717, 1.165) is 11.4 Å². The number of hydrogen-bond donors (Lipinski definition) is 2. The molecule has 1 aliphatic rings. The van der Waals surface area contributed by atoms with Crippen LogP contribution in [0.15, 0.2) is 18.3 Å². The molecule has 0 aliphatic carbocycles. The number of hydrogen-bond acceptors (Lipinski definition) is 3. The quantitative estimate of drug-likeness (QED) is 0.561. The zero-order chi connectivity index (χ0) is 8.55. The van der Waals surface area contributed by atoms with E-state index < -0.39 is 6.04 Å². The molecule has 1 atom stereocenters. The third-order valence-electron chi connectivity index (χ3n) is 1.90. The van der Waals surface area contributed by atoms with Gasteiger partial charge < -0.3 is 11.1 Å². The Labute approximate surface area is 69.8 Å². The number of pyridine rings is 1. The number of amides is 1. The largest absolute Gasteiger partial charge is 0.323 e. The van der Waals surface area contributed by atoms with Gasteiger partial charge in [0.15, 0.2) is 0 Å². The molecule has 4 heteroatoms. The Morgan fingerprint density at radius 3 is 3.33 bits per heavy atom. The Morgan fingerprint density at radius 2 is 2.50 bits per heavy atom. The van der Waals surface area contributed by atoms with Crippen molar-refractivity contribution in [3.05, 3.63) is 24.0 Å². The number of fused-ring (bicyclic) bond motifs is 1. The molecular formula is C8H9N3O. The van der Waals surface area contributed by atoms with Crippen molar-refractivity contribution in [2.45, 2.75) is 12.5 Å². The maximum Gasteiger partial charge on any atom is 0.241 e. The Bertz CT molecular complexity index is 324. The van der Waals surface area contributed by atoms with Crippen LogP contribution in [0.2, 0.25) is 0 Å². The molecule has 3 N–H and O–H groups in total. The summed E-state index contributed by atoms with van der Waals surface area (Å²) < 4.78 is 0. The van der Waals surface area contributed by atoms with Gasteiger partial charge in [-0.25, -0.2) is 0 Å². The molecule has 4 nitrogen and oxygen atoms in total. The summed E-state index contributed by atoms with van der Waals surface area (Å²) in [4.78, 5) is 15.2. The van der Waals surface area contributed by atoms with Gasteiger partial charge in [0.25, 0.3) is 0 Å². The van der Waals surface area contributed by atoms with E-state index in [-0.39, 0.29) is 5.91 Å². The first-order valence-electron chi connectivity index (χ1n) is 3.78. The lowest BCUT2D eigenvalue weighted by Crippen LogP contribution is -2.41.